The van der Waals surface area contributed by atoms with Gasteiger partial charge in [-0.2, -0.15) is 0 Å². The Hall–Kier alpha value is -3.07. The van der Waals surface area contributed by atoms with Crippen molar-refractivity contribution in [2.75, 3.05) is 19.6 Å². The molecule has 0 aliphatic carbocycles. The van der Waals surface area contributed by atoms with Gasteiger partial charge in [-0.1, -0.05) is 36.4 Å². The minimum absolute atomic E-state index is 0.0243. The number of halogens is 3. The van der Waals surface area contributed by atoms with Crippen LogP contribution in [0.4, 0.5) is 13.2 Å². The van der Waals surface area contributed by atoms with Crippen molar-refractivity contribution in [3.8, 4) is 5.75 Å². The summed E-state index contributed by atoms with van der Waals surface area (Å²) in [6.45, 7) is 2.33. The zero-order valence-corrected chi connectivity index (χ0v) is 16.8. The van der Waals surface area contributed by atoms with E-state index in [1.165, 1.54) is 17.7 Å². The van der Waals surface area contributed by atoms with Gasteiger partial charge < -0.3 is 15.4 Å². The smallest absolute Gasteiger partial charge is 0.406 e. The molecule has 0 unspecified atom stereocenters. The van der Waals surface area contributed by atoms with Crippen LogP contribution >= 0.6 is 0 Å². The first-order valence-corrected chi connectivity index (χ1v) is 9.98. The number of amides is 2. The Bertz CT molecular complexity index is 882. The fourth-order valence-corrected chi connectivity index (χ4v) is 3.45. The van der Waals surface area contributed by atoms with Gasteiger partial charge in [0.1, 0.15) is 5.75 Å². The molecule has 166 valence electrons. The molecule has 0 aromatic heterocycles. The Labute approximate surface area is 178 Å². The molecule has 0 saturated carbocycles. The van der Waals surface area contributed by atoms with Gasteiger partial charge in [-0.05, 0) is 36.6 Å². The summed E-state index contributed by atoms with van der Waals surface area (Å²) in [5.74, 6) is -1.48. The number of carbonyl (C=O) groups excluding carboxylic acids is 2. The van der Waals surface area contributed by atoms with E-state index >= 15 is 0 Å². The van der Waals surface area contributed by atoms with Crippen LogP contribution in [0.3, 0.4) is 0 Å². The topological polar surface area (TPSA) is 70.7 Å². The van der Waals surface area contributed by atoms with Crippen LogP contribution < -0.4 is 15.4 Å². The van der Waals surface area contributed by atoms with E-state index in [0.717, 1.165) is 44.6 Å². The van der Waals surface area contributed by atoms with Crippen LogP contribution in [0.15, 0.2) is 54.6 Å². The number of nitrogens with one attached hydrogen (secondary N) is 2. The number of rotatable bonds is 7. The first-order chi connectivity index (χ1) is 14.8. The summed E-state index contributed by atoms with van der Waals surface area (Å²) in [4.78, 5) is 26.6. The van der Waals surface area contributed by atoms with Crippen LogP contribution in [-0.4, -0.2) is 48.8 Å². The number of hydrogen-bond donors (Lipinski definition) is 2. The van der Waals surface area contributed by atoms with Crippen molar-refractivity contribution in [1.82, 2.24) is 15.5 Å². The third-order valence-electron chi connectivity index (χ3n) is 4.94. The molecule has 0 atom stereocenters. The molecule has 1 aliphatic heterocycles. The standard InChI is InChI=1S/C22H24F3N3O3/c23-22(24,25)31-19-8-4-7-17(13-19)21(30)26-14-20(29)27-18-9-11-28(12-10-18)15-16-5-2-1-3-6-16/h1-8,13,18H,9-12,14-15H2,(H,26,30)(H,27,29). The number of hydrogen-bond acceptors (Lipinski definition) is 4. The Morgan fingerprint density at radius 3 is 2.42 bits per heavy atom. The van der Waals surface area contributed by atoms with Gasteiger partial charge in [-0.3, -0.25) is 14.5 Å². The highest BCUT2D eigenvalue weighted by Crippen LogP contribution is 2.23. The molecule has 1 fully saturated rings. The van der Waals surface area contributed by atoms with E-state index in [0.29, 0.717) is 0 Å². The highest BCUT2D eigenvalue weighted by molar-refractivity contribution is 5.96. The molecule has 1 aliphatic rings. The van der Waals surface area contributed by atoms with Gasteiger partial charge in [0.25, 0.3) is 5.91 Å². The second-order valence-electron chi connectivity index (χ2n) is 7.36. The molecule has 31 heavy (non-hydrogen) atoms. The zero-order valence-electron chi connectivity index (χ0n) is 16.8. The van der Waals surface area contributed by atoms with Crippen LogP contribution in [0, 0.1) is 0 Å². The lowest BCUT2D eigenvalue weighted by molar-refractivity contribution is -0.274. The number of likely N-dealkylation sites (tertiary alicyclic amines) is 1. The summed E-state index contributed by atoms with van der Waals surface area (Å²) in [5.41, 5.74) is 1.22. The number of ether oxygens (including phenoxy) is 1. The van der Waals surface area contributed by atoms with Crippen molar-refractivity contribution in [1.29, 1.82) is 0 Å². The monoisotopic (exact) mass is 435 g/mol. The molecule has 6 nitrogen and oxygen atoms in total. The summed E-state index contributed by atoms with van der Waals surface area (Å²) >= 11 is 0. The molecule has 0 spiro atoms. The van der Waals surface area contributed by atoms with E-state index in [1.807, 2.05) is 18.2 Å². The average Bonchev–Trinajstić information content (AvgIpc) is 2.73. The highest BCUT2D eigenvalue weighted by atomic mass is 19.4. The van der Waals surface area contributed by atoms with Gasteiger partial charge in [-0.25, -0.2) is 0 Å². The number of nitrogens with zero attached hydrogens (tertiary/aromatic N) is 1. The van der Waals surface area contributed by atoms with Gasteiger partial charge >= 0.3 is 6.36 Å². The van der Waals surface area contributed by atoms with Crippen molar-refractivity contribution in [2.45, 2.75) is 31.8 Å². The van der Waals surface area contributed by atoms with Crippen LogP contribution in [0.2, 0.25) is 0 Å². The van der Waals surface area contributed by atoms with Gasteiger partial charge in [0, 0.05) is 31.2 Å². The van der Waals surface area contributed by atoms with Gasteiger partial charge in [0.05, 0.1) is 6.54 Å². The van der Waals surface area contributed by atoms with E-state index in [9.17, 15) is 22.8 Å². The van der Waals surface area contributed by atoms with Crippen LogP contribution in [0.5, 0.6) is 5.75 Å². The van der Waals surface area contributed by atoms with Crippen molar-refractivity contribution in [3.05, 3.63) is 65.7 Å². The molecule has 2 amide bonds. The number of piperidine rings is 1. The Morgan fingerprint density at radius 2 is 1.74 bits per heavy atom. The van der Waals surface area contributed by atoms with E-state index < -0.39 is 18.0 Å². The number of alkyl halides is 3. The van der Waals surface area contributed by atoms with Gasteiger partial charge in [-0.15, -0.1) is 13.2 Å². The lowest BCUT2D eigenvalue weighted by Gasteiger charge is -2.32. The molecule has 9 heteroatoms. The first-order valence-electron chi connectivity index (χ1n) is 9.98. The molecule has 2 aromatic carbocycles. The summed E-state index contributed by atoms with van der Waals surface area (Å²) < 4.78 is 40.7. The number of benzene rings is 2. The fraction of sp³-hybridized carbons (Fsp3) is 0.364. The van der Waals surface area contributed by atoms with Crippen molar-refractivity contribution in [3.63, 3.8) is 0 Å². The van der Waals surface area contributed by atoms with E-state index in [-0.39, 0.29) is 24.1 Å². The lowest BCUT2D eigenvalue weighted by Crippen LogP contribution is -2.47. The third-order valence-corrected chi connectivity index (χ3v) is 4.94. The van der Waals surface area contributed by atoms with E-state index in [2.05, 4.69) is 32.4 Å². The summed E-state index contributed by atoms with van der Waals surface area (Å²) in [7, 11) is 0. The minimum atomic E-state index is -4.84. The minimum Gasteiger partial charge on any atom is -0.406 e. The third kappa shape index (κ3) is 7.60. The maximum Gasteiger partial charge on any atom is 0.573 e. The predicted octanol–water partition coefficient (Wildman–Crippen LogP) is 3.10. The summed E-state index contributed by atoms with van der Waals surface area (Å²) in [5, 5.41) is 5.32. The second kappa shape index (κ2) is 10.3. The van der Waals surface area contributed by atoms with Crippen LogP contribution in [-0.2, 0) is 11.3 Å². The molecule has 1 saturated heterocycles. The molecular weight excluding hydrogens is 411 g/mol. The molecule has 0 radical (unpaired) electrons. The predicted molar refractivity (Wildman–Crippen MR) is 108 cm³/mol. The van der Waals surface area contributed by atoms with Crippen molar-refractivity contribution >= 4 is 11.8 Å². The molecular formula is C22H24F3N3O3. The molecule has 2 aromatic rings. The molecule has 0 bridgehead atoms. The SMILES string of the molecule is O=C(CNC(=O)c1cccc(OC(F)(F)F)c1)NC1CCN(Cc2ccccc2)CC1. The molecule has 3 rings (SSSR count). The Balaban J connectivity index is 1.39. The van der Waals surface area contributed by atoms with E-state index in [4.69, 9.17) is 0 Å². The molecule has 2 N–H and O–H groups in total. The molecule has 1 heterocycles. The Morgan fingerprint density at radius 1 is 1.03 bits per heavy atom. The van der Waals surface area contributed by atoms with Crippen molar-refractivity contribution in [2.24, 2.45) is 0 Å². The highest BCUT2D eigenvalue weighted by Gasteiger charge is 2.31. The average molecular weight is 435 g/mol. The summed E-state index contributed by atoms with van der Waals surface area (Å²) in [6, 6.07) is 14.9. The lowest BCUT2D eigenvalue weighted by atomic mass is 10.0. The van der Waals surface area contributed by atoms with E-state index in [1.54, 1.807) is 0 Å². The summed E-state index contributed by atoms with van der Waals surface area (Å²) in [6.07, 6.45) is -3.22. The normalized spacial score (nSPS) is 15.3. The van der Waals surface area contributed by atoms with Gasteiger partial charge in [0.2, 0.25) is 5.91 Å². The van der Waals surface area contributed by atoms with Crippen molar-refractivity contribution < 1.29 is 27.5 Å². The quantitative estimate of drug-likeness (QED) is 0.701. The fourth-order valence-electron chi connectivity index (χ4n) is 3.45. The maximum absolute atomic E-state index is 12.3. The van der Waals surface area contributed by atoms with Gasteiger partial charge in [0.15, 0.2) is 0 Å². The second-order valence-corrected chi connectivity index (χ2v) is 7.36. The largest absolute Gasteiger partial charge is 0.573 e. The van der Waals surface area contributed by atoms with Crippen LogP contribution in [0.1, 0.15) is 28.8 Å². The Kier molecular flexibility index (Phi) is 7.51. The maximum atomic E-state index is 12.3. The van der Waals surface area contributed by atoms with Crippen LogP contribution in [0.25, 0.3) is 0 Å². The first kappa shape index (κ1) is 22.6. The zero-order chi connectivity index (χ0) is 22.3. The number of carbonyl (C=O) groups is 2.